The van der Waals surface area contributed by atoms with Crippen molar-refractivity contribution < 1.29 is 24.2 Å². The van der Waals surface area contributed by atoms with Gasteiger partial charge in [0.05, 0.1) is 13.2 Å². The van der Waals surface area contributed by atoms with Crippen LogP contribution in [0.15, 0.2) is 121 Å². The molecule has 0 bridgehead atoms. The number of hydrogen-bond acceptors (Lipinski definition) is 5. The zero-order valence-corrected chi connectivity index (χ0v) is 28.9. The van der Waals surface area contributed by atoms with Crippen LogP contribution < -0.4 is 20.7 Å². The molecule has 3 atom stereocenters. The number of aliphatic hydroxyl groups excluding tert-OH is 3. The summed E-state index contributed by atoms with van der Waals surface area (Å²) in [4.78, 5) is 0. The second kappa shape index (κ2) is 14.0. The van der Waals surface area contributed by atoms with Crippen LogP contribution in [0.3, 0.4) is 0 Å². The van der Waals surface area contributed by atoms with Crippen LogP contribution in [-0.2, 0) is 8.85 Å². The Morgan fingerprint density at radius 2 is 0.682 bits per heavy atom. The molecule has 0 fully saturated rings. The van der Waals surface area contributed by atoms with Crippen molar-refractivity contribution >= 4 is 37.4 Å². The largest absolute Gasteiger partial charge is 0.405 e. The molecular weight excluding hydrogens is 581 g/mol. The molecular formula is C37H48O5Si2. The lowest BCUT2D eigenvalue weighted by Gasteiger charge is -2.44. The van der Waals surface area contributed by atoms with Gasteiger partial charge in [0.15, 0.2) is 0 Å². The molecule has 0 heterocycles. The minimum absolute atomic E-state index is 0.134. The maximum Gasteiger partial charge on any atom is 0.261 e. The fourth-order valence-electron chi connectivity index (χ4n) is 6.40. The molecule has 7 heteroatoms. The minimum Gasteiger partial charge on any atom is -0.405 e. The summed E-state index contributed by atoms with van der Waals surface area (Å²) in [6, 6.07) is 40.6. The molecule has 0 radical (unpaired) electrons. The van der Waals surface area contributed by atoms with Crippen molar-refractivity contribution in [3.63, 3.8) is 0 Å². The van der Waals surface area contributed by atoms with Crippen molar-refractivity contribution in [1.82, 2.24) is 0 Å². The first-order valence-corrected chi connectivity index (χ1v) is 19.2. The molecule has 0 aromatic heterocycles. The number of hydrogen-bond donors (Lipinski definition) is 3. The highest BCUT2D eigenvalue weighted by atomic mass is 28.4. The lowest BCUT2D eigenvalue weighted by atomic mass is 10.1. The summed E-state index contributed by atoms with van der Waals surface area (Å²) < 4.78 is 13.6. The van der Waals surface area contributed by atoms with E-state index >= 15 is 0 Å². The molecule has 4 aromatic carbocycles. The van der Waals surface area contributed by atoms with E-state index in [2.05, 4.69) is 90.1 Å². The van der Waals surface area contributed by atoms with E-state index in [0.29, 0.717) is 0 Å². The van der Waals surface area contributed by atoms with Gasteiger partial charge in [0, 0.05) is 0 Å². The van der Waals surface area contributed by atoms with Gasteiger partial charge in [0.25, 0.3) is 16.6 Å². The Morgan fingerprint density at radius 1 is 0.455 bits per heavy atom. The van der Waals surface area contributed by atoms with Gasteiger partial charge in [-0.25, -0.2) is 0 Å². The average Bonchev–Trinajstić information content (AvgIpc) is 3.02. The molecule has 0 saturated carbocycles. The van der Waals surface area contributed by atoms with Gasteiger partial charge < -0.3 is 24.2 Å². The summed E-state index contributed by atoms with van der Waals surface area (Å²) in [5, 5.41) is 37.5. The van der Waals surface area contributed by atoms with Crippen molar-refractivity contribution in [2.45, 2.75) is 69.9 Å². The molecule has 4 aromatic rings. The topological polar surface area (TPSA) is 79.2 Å². The number of benzene rings is 4. The fraction of sp³-hybridized carbons (Fsp3) is 0.351. The van der Waals surface area contributed by atoms with Crippen LogP contribution in [0.5, 0.6) is 0 Å². The van der Waals surface area contributed by atoms with Crippen LogP contribution in [0.2, 0.25) is 10.1 Å². The summed E-state index contributed by atoms with van der Waals surface area (Å²) in [5.41, 5.74) is 0. The van der Waals surface area contributed by atoms with E-state index in [1.165, 1.54) is 0 Å². The Bertz CT molecular complexity index is 1230. The zero-order chi connectivity index (χ0) is 32.0. The van der Waals surface area contributed by atoms with Crippen molar-refractivity contribution in [3.8, 4) is 0 Å². The molecule has 0 amide bonds. The van der Waals surface area contributed by atoms with Gasteiger partial charge in [-0.3, -0.25) is 0 Å². The SMILES string of the molecule is CC(C)(C)[Si](OC[C@@H](O)C(O)[C@@H](O)CO[Si](c1ccccc1)(c1ccccc1)C(C)(C)C)(c1ccccc1)c1ccccc1. The summed E-state index contributed by atoms with van der Waals surface area (Å²) in [6.07, 6.45) is -4.12. The molecule has 4 rings (SSSR count). The molecule has 0 aliphatic heterocycles. The van der Waals surface area contributed by atoms with Gasteiger partial charge in [-0.2, -0.15) is 0 Å². The van der Waals surface area contributed by atoms with Crippen molar-refractivity contribution in [2.24, 2.45) is 0 Å². The van der Waals surface area contributed by atoms with Crippen LogP contribution in [0.1, 0.15) is 41.5 Å². The maximum atomic E-state index is 11.3. The molecule has 0 spiro atoms. The third-order valence-electron chi connectivity index (χ3n) is 8.56. The van der Waals surface area contributed by atoms with Crippen molar-refractivity contribution in [1.29, 1.82) is 0 Å². The van der Waals surface area contributed by atoms with Crippen LogP contribution in [0.4, 0.5) is 0 Å². The predicted molar refractivity (Wildman–Crippen MR) is 185 cm³/mol. The summed E-state index contributed by atoms with van der Waals surface area (Å²) in [5.74, 6) is 0. The molecule has 0 aliphatic carbocycles. The molecule has 3 N–H and O–H groups in total. The first kappa shape index (κ1) is 34.0. The molecule has 44 heavy (non-hydrogen) atoms. The second-order valence-corrected chi connectivity index (χ2v) is 22.2. The molecule has 0 aliphatic rings. The normalized spacial score (nSPS) is 15.0. The van der Waals surface area contributed by atoms with E-state index in [9.17, 15) is 15.3 Å². The molecule has 1 unspecified atom stereocenters. The number of rotatable bonds is 12. The van der Waals surface area contributed by atoms with Gasteiger partial charge in [-0.1, -0.05) is 163 Å². The van der Waals surface area contributed by atoms with Crippen LogP contribution in [0.25, 0.3) is 0 Å². The Morgan fingerprint density at radius 3 is 0.886 bits per heavy atom. The Balaban J connectivity index is 1.59. The van der Waals surface area contributed by atoms with Crippen molar-refractivity contribution in [3.05, 3.63) is 121 Å². The standard InChI is InChI=1S/C37H48O5Si2/c1-36(2,3)43(29-19-11-7-12-20-29,30-21-13-8-14-22-30)41-27-33(38)35(40)34(39)28-42-44(37(4,5)6,31-23-15-9-16-24-31)32-25-17-10-18-26-32/h7-26,33-35,38-40H,27-28H2,1-6H3/t33-,34+,35?. The van der Waals surface area contributed by atoms with Crippen LogP contribution in [0, 0.1) is 0 Å². The molecule has 0 saturated heterocycles. The van der Waals surface area contributed by atoms with E-state index in [1.54, 1.807) is 0 Å². The third-order valence-corrected chi connectivity index (χ3v) is 18.6. The average molecular weight is 629 g/mol. The van der Waals surface area contributed by atoms with E-state index < -0.39 is 34.9 Å². The fourth-order valence-corrected chi connectivity index (χ4v) is 15.5. The maximum absolute atomic E-state index is 11.3. The second-order valence-electron chi connectivity index (χ2n) is 13.6. The van der Waals surface area contributed by atoms with E-state index in [4.69, 9.17) is 8.85 Å². The predicted octanol–water partition coefficient (Wildman–Crippen LogP) is 4.22. The lowest BCUT2D eigenvalue weighted by Crippen LogP contribution is -2.68. The third kappa shape index (κ3) is 6.84. The minimum atomic E-state index is -2.93. The van der Waals surface area contributed by atoms with E-state index in [-0.39, 0.29) is 23.3 Å². The van der Waals surface area contributed by atoms with Gasteiger partial charge >= 0.3 is 0 Å². The highest BCUT2D eigenvalue weighted by Gasteiger charge is 2.52. The lowest BCUT2D eigenvalue weighted by molar-refractivity contribution is -0.0860. The smallest absolute Gasteiger partial charge is 0.261 e. The Hall–Kier alpha value is -2.89. The van der Waals surface area contributed by atoms with E-state index in [0.717, 1.165) is 20.7 Å². The molecule has 5 nitrogen and oxygen atoms in total. The number of aliphatic hydroxyl groups is 3. The summed E-state index contributed by atoms with van der Waals surface area (Å²) >= 11 is 0. The van der Waals surface area contributed by atoms with Gasteiger partial charge in [-0.15, -0.1) is 0 Å². The monoisotopic (exact) mass is 628 g/mol. The summed E-state index contributed by atoms with van der Waals surface area (Å²) in [7, 11) is -5.86. The summed E-state index contributed by atoms with van der Waals surface area (Å²) in [6.45, 7) is 12.7. The first-order chi connectivity index (χ1) is 20.8. The van der Waals surface area contributed by atoms with Crippen LogP contribution >= 0.6 is 0 Å². The van der Waals surface area contributed by atoms with Crippen molar-refractivity contribution in [2.75, 3.05) is 13.2 Å². The highest BCUT2D eigenvalue weighted by molar-refractivity contribution is 7.00. The molecule has 234 valence electrons. The van der Waals surface area contributed by atoms with Gasteiger partial charge in [0.2, 0.25) is 0 Å². The first-order valence-electron chi connectivity index (χ1n) is 15.4. The quantitative estimate of drug-likeness (QED) is 0.205. The van der Waals surface area contributed by atoms with Crippen LogP contribution in [-0.4, -0.2) is 63.5 Å². The van der Waals surface area contributed by atoms with Gasteiger partial charge in [-0.05, 0) is 30.8 Å². The zero-order valence-electron chi connectivity index (χ0n) is 26.9. The highest BCUT2D eigenvalue weighted by Crippen LogP contribution is 2.38. The van der Waals surface area contributed by atoms with Gasteiger partial charge in [0.1, 0.15) is 18.3 Å². The Kier molecular flexibility index (Phi) is 10.8. The Labute approximate surface area is 265 Å². The van der Waals surface area contributed by atoms with E-state index in [1.807, 2.05) is 72.8 Å².